The normalized spacial score (nSPS) is 12.7. The lowest BCUT2D eigenvalue weighted by molar-refractivity contribution is -0.174. The number of carbonyl (C=O) groups excluding carboxylic acids is 2. The van der Waals surface area contributed by atoms with Crippen LogP contribution in [-0.2, 0) is 14.3 Å². The van der Waals surface area contributed by atoms with Crippen LogP contribution in [0.3, 0.4) is 0 Å². The van der Waals surface area contributed by atoms with E-state index in [1.54, 1.807) is 30.3 Å². The van der Waals surface area contributed by atoms with Gasteiger partial charge in [-0.05, 0) is 5.56 Å². The maximum Gasteiger partial charge on any atom is 0.411 e. The van der Waals surface area contributed by atoms with Crippen molar-refractivity contribution >= 4 is 11.8 Å². The predicted molar refractivity (Wildman–Crippen MR) is 68.0 cm³/mol. The Kier molecular flexibility index (Phi) is 6.16. The van der Waals surface area contributed by atoms with Gasteiger partial charge in [0.05, 0.1) is 6.61 Å². The molecule has 1 atom stereocenters. The molecule has 0 spiro atoms. The molecule has 0 aliphatic carbocycles. The molecule has 2 amide bonds. The van der Waals surface area contributed by atoms with E-state index in [4.69, 9.17) is 5.73 Å². The van der Waals surface area contributed by atoms with E-state index in [0.717, 1.165) is 0 Å². The Bertz CT molecular complexity index is 477. The molecule has 0 aliphatic rings. The fourth-order valence-electron chi connectivity index (χ4n) is 1.55. The van der Waals surface area contributed by atoms with Gasteiger partial charge in [-0.15, -0.1) is 0 Å². The maximum atomic E-state index is 11.8. The average Bonchev–Trinajstić information content (AvgIpc) is 2.40. The number of benzene rings is 1. The molecule has 1 unspecified atom stereocenters. The molecule has 116 valence electrons. The topological polar surface area (TPSA) is 81.4 Å². The quantitative estimate of drug-likeness (QED) is 0.745. The number of carbonyl (C=O) groups is 2. The van der Waals surface area contributed by atoms with Gasteiger partial charge in [-0.1, -0.05) is 30.3 Å². The molecule has 0 saturated carbocycles. The van der Waals surface area contributed by atoms with E-state index in [2.05, 4.69) is 10.1 Å². The lowest BCUT2D eigenvalue weighted by Crippen LogP contribution is -2.37. The monoisotopic (exact) mass is 304 g/mol. The highest BCUT2D eigenvalue weighted by Crippen LogP contribution is 2.15. The summed E-state index contributed by atoms with van der Waals surface area (Å²) in [5.41, 5.74) is 5.69. The molecule has 8 heteroatoms. The number of hydrogen-bond donors (Lipinski definition) is 2. The first-order valence-electron chi connectivity index (χ1n) is 6.08. The average molecular weight is 304 g/mol. The van der Waals surface area contributed by atoms with Crippen molar-refractivity contribution in [2.75, 3.05) is 13.2 Å². The molecule has 1 rings (SSSR count). The molecule has 0 aromatic heterocycles. The number of nitrogens with one attached hydrogen (secondary N) is 1. The molecule has 3 N–H and O–H groups in total. The molecule has 0 aliphatic heterocycles. The number of alkyl halides is 3. The van der Waals surface area contributed by atoms with Crippen LogP contribution in [0, 0.1) is 0 Å². The third kappa shape index (κ3) is 6.75. The van der Waals surface area contributed by atoms with Crippen LogP contribution in [0.4, 0.5) is 13.2 Å². The standard InChI is InChI=1S/C13H15F3N2O3/c14-13(15,16)8-21-7-6-10(19)18-11(12(17)20)9-4-2-1-3-5-9/h1-5,11H,6-8H2,(H2,17,20)(H,18,19). The summed E-state index contributed by atoms with van der Waals surface area (Å²) in [6.45, 7) is -1.82. The van der Waals surface area contributed by atoms with E-state index in [-0.39, 0.29) is 6.42 Å². The number of halogens is 3. The highest BCUT2D eigenvalue weighted by molar-refractivity contribution is 5.87. The van der Waals surface area contributed by atoms with Crippen molar-refractivity contribution in [3.05, 3.63) is 35.9 Å². The van der Waals surface area contributed by atoms with E-state index in [0.29, 0.717) is 5.56 Å². The number of primary amides is 1. The van der Waals surface area contributed by atoms with Crippen molar-refractivity contribution in [2.45, 2.75) is 18.6 Å². The van der Waals surface area contributed by atoms with Crippen LogP contribution in [0.1, 0.15) is 18.0 Å². The Hall–Kier alpha value is -2.09. The number of rotatable bonds is 7. The van der Waals surface area contributed by atoms with Crippen molar-refractivity contribution in [1.29, 1.82) is 0 Å². The summed E-state index contributed by atoms with van der Waals surface area (Å²) in [4.78, 5) is 22.9. The van der Waals surface area contributed by atoms with Gasteiger partial charge in [0, 0.05) is 6.42 Å². The summed E-state index contributed by atoms with van der Waals surface area (Å²) in [6, 6.07) is 7.26. The molecule has 0 fully saturated rings. The van der Waals surface area contributed by atoms with E-state index >= 15 is 0 Å². The van der Waals surface area contributed by atoms with Crippen molar-refractivity contribution in [2.24, 2.45) is 5.73 Å². The van der Waals surface area contributed by atoms with Crippen molar-refractivity contribution in [1.82, 2.24) is 5.32 Å². The maximum absolute atomic E-state index is 11.8. The highest BCUT2D eigenvalue weighted by Gasteiger charge is 2.27. The number of hydrogen-bond acceptors (Lipinski definition) is 3. The number of amides is 2. The molecule has 1 aromatic rings. The van der Waals surface area contributed by atoms with Crippen LogP contribution in [0.5, 0.6) is 0 Å². The first-order valence-corrected chi connectivity index (χ1v) is 6.08. The molecule has 21 heavy (non-hydrogen) atoms. The zero-order valence-corrected chi connectivity index (χ0v) is 11.0. The van der Waals surface area contributed by atoms with Crippen LogP contribution in [0.15, 0.2) is 30.3 Å². The van der Waals surface area contributed by atoms with Crippen LogP contribution in [0.2, 0.25) is 0 Å². The summed E-state index contributed by atoms with van der Waals surface area (Å²) in [5, 5.41) is 2.36. The lowest BCUT2D eigenvalue weighted by atomic mass is 10.1. The third-order valence-corrected chi connectivity index (χ3v) is 2.46. The Morgan fingerprint density at radius 2 is 1.86 bits per heavy atom. The molecule has 0 radical (unpaired) electrons. The van der Waals surface area contributed by atoms with Crippen molar-refractivity contribution < 1.29 is 27.5 Å². The van der Waals surface area contributed by atoms with Crippen molar-refractivity contribution in [3.8, 4) is 0 Å². The van der Waals surface area contributed by atoms with E-state index in [9.17, 15) is 22.8 Å². The van der Waals surface area contributed by atoms with Crippen molar-refractivity contribution in [3.63, 3.8) is 0 Å². The molecule has 0 heterocycles. The fourth-order valence-corrected chi connectivity index (χ4v) is 1.55. The van der Waals surface area contributed by atoms with Gasteiger partial charge in [-0.2, -0.15) is 13.2 Å². The van der Waals surface area contributed by atoms with Gasteiger partial charge < -0.3 is 15.8 Å². The molecule has 0 saturated heterocycles. The number of ether oxygens (including phenoxy) is 1. The smallest absolute Gasteiger partial charge is 0.372 e. The van der Waals surface area contributed by atoms with Crippen LogP contribution < -0.4 is 11.1 Å². The van der Waals surface area contributed by atoms with E-state index in [1.807, 2.05) is 0 Å². The second-order valence-corrected chi connectivity index (χ2v) is 4.23. The van der Waals surface area contributed by atoms with E-state index in [1.165, 1.54) is 0 Å². The third-order valence-electron chi connectivity index (χ3n) is 2.46. The summed E-state index contributed by atoms with van der Waals surface area (Å²) < 4.78 is 39.8. The predicted octanol–water partition coefficient (Wildman–Crippen LogP) is 1.30. The Morgan fingerprint density at radius 1 is 1.24 bits per heavy atom. The largest absolute Gasteiger partial charge is 0.411 e. The van der Waals surface area contributed by atoms with Gasteiger partial charge in [0.1, 0.15) is 12.6 Å². The van der Waals surface area contributed by atoms with Crippen LogP contribution in [0.25, 0.3) is 0 Å². The Morgan fingerprint density at radius 3 is 2.38 bits per heavy atom. The first-order chi connectivity index (χ1) is 9.79. The minimum absolute atomic E-state index is 0.299. The molecule has 5 nitrogen and oxygen atoms in total. The Balaban J connectivity index is 2.46. The van der Waals surface area contributed by atoms with Gasteiger partial charge in [0.2, 0.25) is 11.8 Å². The summed E-state index contributed by atoms with van der Waals surface area (Å²) in [6.07, 6.45) is -4.73. The summed E-state index contributed by atoms with van der Waals surface area (Å²) in [5.74, 6) is -1.38. The zero-order chi connectivity index (χ0) is 15.9. The van der Waals surface area contributed by atoms with Gasteiger partial charge in [0.15, 0.2) is 0 Å². The van der Waals surface area contributed by atoms with Crippen LogP contribution in [-0.4, -0.2) is 31.2 Å². The Labute approximate surface area is 119 Å². The number of nitrogens with two attached hydrogens (primary N) is 1. The second-order valence-electron chi connectivity index (χ2n) is 4.23. The molecular weight excluding hydrogens is 289 g/mol. The minimum atomic E-state index is -4.43. The minimum Gasteiger partial charge on any atom is -0.372 e. The zero-order valence-electron chi connectivity index (χ0n) is 11.0. The fraction of sp³-hybridized carbons (Fsp3) is 0.385. The molecule has 0 bridgehead atoms. The molecule has 1 aromatic carbocycles. The lowest BCUT2D eigenvalue weighted by Gasteiger charge is -2.16. The van der Waals surface area contributed by atoms with E-state index < -0.39 is 37.2 Å². The summed E-state index contributed by atoms with van der Waals surface area (Å²) >= 11 is 0. The van der Waals surface area contributed by atoms with Gasteiger partial charge in [-0.3, -0.25) is 9.59 Å². The molecular formula is C13H15F3N2O3. The second kappa shape index (κ2) is 7.63. The SMILES string of the molecule is NC(=O)C(NC(=O)CCOCC(F)(F)F)c1ccccc1. The highest BCUT2D eigenvalue weighted by atomic mass is 19.4. The first kappa shape index (κ1) is 17.0. The van der Waals surface area contributed by atoms with Gasteiger partial charge in [0.25, 0.3) is 0 Å². The summed E-state index contributed by atoms with van der Waals surface area (Å²) in [7, 11) is 0. The van der Waals surface area contributed by atoms with Crippen LogP contribution >= 0.6 is 0 Å². The van der Waals surface area contributed by atoms with Gasteiger partial charge in [-0.25, -0.2) is 0 Å². The van der Waals surface area contributed by atoms with Gasteiger partial charge >= 0.3 is 6.18 Å².